The first kappa shape index (κ1) is 63.6. The molecule has 0 fully saturated rings. The van der Waals surface area contributed by atoms with Crippen molar-refractivity contribution in [2.75, 3.05) is 6.61 Å². The highest BCUT2D eigenvalue weighted by molar-refractivity contribution is 5.77. The molecule has 0 saturated heterocycles. The number of hydrogen-bond donors (Lipinski definition) is 3. The third-order valence-corrected chi connectivity index (χ3v) is 13.8. The van der Waals surface area contributed by atoms with Crippen LogP contribution in [-0.2, 0) is 14.3 Å². The van der Waals surface area contributed by atoms with Crippen LogP contribution in [0.2, 0.25) is 0 Å². The zero-order valence-electron chi connectivity index (χ0n) is 44.2. The Hall–Kier alpha value is -1.40. The highest BCUT2D eigenvalue weighted by Crippen LogP contribution is 2.19. The normalized spacial score (nSPS) is 13.1. The van der Waals surface area contributed by atoms with E-state index in [1.54, 1.807) is 0 Å². The van der Waals surface area contributed by atoms with Crippen molar-refractivity contribution in [3.63, 3.8) is 0 Å². The Morgan fingerprint density at radius 1 is 0.431 bits per heavy atom. The number of nitrogens with one attached hydrogen (secondary N) is 1. The molecule has 1 amide bonds. The molecular weight excluding hydrogens is 803 g/mol. The van der Waals surface area contributed by atoms with Crippen LogP contribution < -0.4 is 5.32 Å². The van der Waals surface area contributed by atoms with Crippen LogP contribution in [0.15, 0.2) is 12.2 Å². The van der Waals surface area contributed by atoms with Gasteiger partial charge in [-0.05, 0) is 51.4 Å². The molecule has 0 aromatic heterocycles. The third kappa shape index (κ3) is 48.9. The van der Waals surface area contributed by atoms with Gasteiger partial charge in [-0.3, -0.25) is 9.59 Å². The van der Waals surface area contributed by atoms with Crippen molar-refractivity contribution < 1.29 is 24.5 Å². The number of allylic oxidation sites excluding steroid dienone is 2. The highest BCUT2D eigenvalue weighted by atomic mass is 16.5. The maximum absolute atomic E-state index is 13.3. The maximum atomic E-state index is 13.3. The van der Waals surface area contributed by atoms with Crippen LogP contribution in [0.5, 0.6) is 0 Å². The Kier molecular flexibility index (Phi) is 52.4. The number of unbranched alkanes of at least 4 members (excludes halogenated alkanes) is 40. The summed E-state index contributed by atoms with van der Waals surface area (Å²) in [5.74, 6) is -0.460. The summed E-state index contributed by atoms with van der Waals surface area (Å²) in [7, 11) is 0. The van der Waals surface area contributed by atoms with Crippen molar-refractivity contribution >= 4 is 11.9 Å². The van der Waals surface area contributed by atoms with Crippen LogP contribution >= 0.6 is 0 Å². The molecule has 6 heteroatoms. The molecule has 0 bridgehead atoms. The molecule has 65 heavy (non-hydrogen) atoms. The van der Waals surface area contributed by atoms with Crippen molar-refractivity contribution in [3.05, 3.63) is 12.2 Å². The van der Waals surface area contributed by atoms with Crippen LogP contribution in [0.3, 0.4) is 0 Å². The molecule has 0 rings (SSSR count). The monoisotopic (exact) mass is 918 g/mol. The summed E-state index contributed by atoms with van der Waals surface area (Å²) in [4.78, 5) is 26.3. The minimum atomic E-state index is -0.783. The minimum absolute atomic E-state index is 0.0823. The fourth-order valence-electron chi connectivity index (χ4n) is 9.37. The van der Waals surface area contributed by atoms with E-state index in [9.17, 15) is 19.8 Å². The van der Waals surface area contributed by atoms with Gasteiger partial charge in [0.05, 0.1) is 25.2 Å². The number of hydrogen-bond acceptors (Lipinski definition) is 5. The lowest BCUT2D eigenvalue weighted by Crippen LogP contribution is -2.46. The van der Waals surface area contributed by atoms with Crippen LogP contribution in [0.4, 0.5) is 0 Å². The lowest BCUT2D eigenvalue weighted by Gasteiger charge is -2.24. The van der Waals surface area contributed by atoms with Gasteiger partial charge >= 0.3 is 5.97 Å². The number of carbonyl (C=O) groups excluding carboxylic acids is 2. The smallest absolute Gasteiger partial charge is 0.306 e. The standard InChI is InChI=1S/C59H115NO5/c1-4-7-10-13-16-19-22-25-27-29-30-32-34-37-40-43-46-49-52-59(64)65-55(50-47-44-41-38-35-33-31-28-26-23-20-17-14-11-8-5-2)53-58(63)60-56(54-61)57(62)51-48-45-42-39-36-24-21-18-15-12-9-6-3/h30,32,55-57,61-62H,4-29,31,33-54H2,1-3H3,(H,60,63)/b32-30+. The van der Waals surface area contributed by atoms with Crippen LogP contribution in [0.1, 0.15) is 329 Å². The fourth-order valence-corrected chi connectivity index (χ4v) is 9.37. The minimum Gasteiger partial charge on any atom is -0.462 e. The molecule has 3 unspecified atom stereocenters. The van der Waals surface area contributed by atoms with Gasteiger partial charge in [-0.1, -0.05) is 277 Å². The molecule has 0 saturated carbocycles. The van der Waals surface area contributed by atoms with E-state index in [1.807, 2.05) is 0 Å². The second kappa shape index (κ2) is 53.6. The molecule has 6 nitrogen and oxygen atoms in total. The molecule has 0 heterocycles. The summed E-state index contributed by atoms with van der Waals surface area (Å²) in [5.41, 5.74) is 0. The predicted octanol–water partition coefficient (Wildman–Crippen LogP) is 18.1. The maximum Gasteiger partial charge on any atom is 0.306 e. The number of ether oxygens (including phenoxy) is 1. The number of rotatable bonds is 54. The zero-order valence-corrected chi connectivity index (χ0v) is 44.2. The van der Waals surface area contributed by atoms with E-state index in [1.165, 1.54) is 231 Å². The summed E-state index contributed by atoms with van der Waals surface area (Å²) in [6.45, 7) is 6.53. The van der Waals surface area contributed by atoms with Crippen molar-refractivity contribution in [1.29, 1.82) is 0 Å². The molecule has 386 valence electrons. The Morgan fingerprint density at radius 2 is 0.738 bits per heavy atom. The number of carbonyl (C=O) groups is 2. The van der Waals surface area contributed by atoms with Gasteiger partial charge in [0.1, 0.15) is 6.10 Å². The molecule has 0 aliphatic heterocycles. The van der Waals surface area contributed by atoms with Gasteiger partial charge in [-0.25, -0.2) is 0 Å². The fraction of sp³-hybridized carbons (Fsp3) is 0.932. The number of amides is 1. The average Bonchev–Trinajstić information content (AvgIpc) is 3.30. The highest BCUT2D eigenvalue weighted by Gasteiger charge is 2.24. The molecular formula is C59H115NO5. The van der Waals surface area contributed by atoms with Crippen molar-refractivity contribution in [3.8, 4) is 0 Å². The molecule has 0 aliphatic carbocycles. The summed E-state index contributed by atoms with van der Waals surface area (Å²) in [5, 5.41) is 23.9. The molecule has 3 N–H and O–H groups in total. The summed E-state index contributed by atoms with van der Waals surface area (Å²) in [6, 6.07) is -0.697. The molecule has 3 atom stereocenters. The van der Waals surface area contributed by atoms with Gasteiger partial charge in [-0.15, -0.1) is 0 Å². The lowest BCUT2D eigenvalue weighted by molar-refractivity contribution is -0.151. The van der Waals surface area contributed by atoms with Crippen molar-refractivity contribution in [1.82, 2.24) is 5.32 Å². The van der Waals surface area contributed by atoms with E-state index in [-0.39, 0.29) is 24.9 Å². The van der Waals surface area contributed by atoms with Crippen molar-refractivity contribution in [2.24, 2.45) is 0 Å². The predicted molar refractivity (Wildman–Crippen MR) is 283 cm³/mol. The Morgan fingerprint density at radius 3 is 1.09 bits per heavy atom. The van der Waals surface area contributed by atoms with E-state index in [4.69, 9.17) is 4.74 Å². The van der Waals surface area contributed by atoms with Gasteiger partial charge in [0, 0.05) is 6.42 Å². The van der Waals surface area contributed by atoms with Gasteiger partial charge in [0.15, 0.2) is 0 Å². The van der Waals surface area contributed by atoms with Crippen LogP contribution in [0, 0.1) is 0 Å². The molecule has 0 aromatic rings. The van der Waals surface area contributed by atoms with Crippen molar-refractivity contribution in [2.45, 2.75) is 347 Å². The topological polar surface area (TPSA) is 95.9 Å². The number of esters is 1. The summed E-state index contributed by atoms with van der Waals surface area (Å²) >= 11 is 0. The quantitative estimate of drug-likeness (QED) is 0.0321. The third-order valence-electron chi connectivity index (χ3n) is 13.8. The SMILES string of the molecule is CCCCCCCCCCC/C=C/CCCCCCCC(=O)OC(CCCCCCCCCCCCCCCCCC)CC(=O)NC(CO)C(O)CCCCCCCCCCCCCC. The van der Waals surface area contributed by atoms with E-state index >= 15 is 0 Å². The van der Waals surface area contributed by atoms with E-state index in [2.05, 4.69) is 38.2 Å². The van der Waals surface area contributed by atoms with E-state index in [0.717, 1.165) is 51.4 Å². The number of aliphatic hydroxyl groups excluding tert-OH is 2. The van der Waals surface area contributed by atoms with Crippen LogP contribution in [-0.4, -0.2) is 46.9 Å². The Bertz CT molecular complexity index is 986. The van der Waals surface area contributed by atoms with Gasteiger partial charge in [0.25, 0.3) is 0 Å². The summed E-state index contributed by atoms with van der Waals surface area (Å²) in [6.07, 6.45) is 61.4. The largest absolute Gasteiger partial charge is 0.462 e. The first-order valence-corrected chi connectivity index (χ1v) is 29.4. The van der Waals surface area contributed by atoms with Gasteiger partial charge in [0.2, 0.25) is 5.91 Å². The molecule has 0 spiro atoms. The Balaban J connectivity index is 4.51. The Labute approximate surface area is 406 Å². The van der Waals surface area contributed by atoms with E-state index < -0.39 is 18.2 Å². The molecule has 0 aromatic carbocycles. The first-order valence-electron chi connectivity index (χ1n) is 29.4. The van der Waals surface area contributed by atoms with Gasteiger partial charge in [-0.2, -0.15) is 0 Å². The molecule has 0 aliphatic rings. The first-order chi connectivity index (χ1) is 32.0. The zero-order chi connectivity index (χ0) is 47.4. The van der Waals surface area contributed by atoms with Gasteiger partial charge < -0.3 is 20.3 Å². The second-order valence-electron chi connectivity index (χ2n) is 20.4. The summed E-state index contributed by atoms with van der Waals surface area (Å²) < 4.78 is 5.97. The second-order valence-corrected chi connectivity index (χ2v) is 20.4. The lowest BCUT2D eigenvalue weighted by atomic mass is 10.0. The number of aliphatic hydroxyl groups is 2. The van der Waals surface area contributed by atoms with Crippen LogP contribution in [0.25, 0.3) is 0 Å². The average molecular weight is 919 g/mol. The molecule has 0 radical (unpaired) electrons. The van der Waals surface area contributed by atoms with E-state index in [0.29, 0.717) is 19.3 Å².